The Bertz CT molecular complexity index is 3010. The highest BCUT2D eigenvalue weighted by molar-refractivity contribution is 6.08. The molecule has 0 saturated carbocycles. The molecular formula is C54H41N3. The van der Waals surface area contributed by atoms with Gasteiger partial charge in [0.2, 0.25) is 0 Å². The number of hydrogen-bond acceptors (Lipinski definition) is 1. The minimum absolute atomic E-state index is 0.227. The number of anilines is 2. The average Bonchev–Trinajstić information content (AvgIpc) is 3.92. The van der Waals surface area contributed by atoms with Crippen LogP contribution < -0.4 is 4.90 Å². The van der Waals surface area contributed by atoms with E-state index in [1.807, 2.05) is 0 Å². The van der Waals surface area contributed by atoms with Crippen LogP contribution in [-0.4, -0.2) is 9.13 Å². The molecule has 57 heavy (non-hydrogen) atoms. The van der Waals surface area contributed by atoms with Crippen LogP contribution in [0.2, 0.25) is 0 Å². The maximum atomic E-state index is 2.56. The van der Waals surface area contributed by atoms with E-state index in [4.69, 9.17) is 0 Å². The van der Waals surface area contributed by atoms with Crippen molar-refractivity contribution in [3.8, 4) is 27.9 Å². The summed E-state index contributed by atoms with van der Waals surface area (Å²) in [5.41, 5.74) is 18.2. The molecule has 7 aromatic carbocycles. The Kier molecular flexibility index (Phi) is 7.31. The molecule has 3 heterocycles. The van der Waals surface area contributed by atoms with E-state index in [1.54, 1.807) is 0 Å². The van der Waals surface area contributed by atoms with Gasteiger partial charge in [-0.25, -0.2) is 0 Å². The van der Waals surface area contributed by atoms with Crippen molar-refractivity contribution in [1.29, 1.82) is 0 Å². The molecule has 9 aromatic rings. The molecule has 272 valence electrons. The molecule has 0 fully saturated rings. The van der Waals surface area contributed by atoms with Crippen molar-refractivity contribution in [2.75, 3.05) is 4.90 Å². The highest BCUT2D eigenvalue weighted by atomic mass is 15.2. The molecule has 0 spiro atoms. The highest BCUT2D eigenvalue weighted by Gasteiger charge is 2.36. The molecule has 0 amide bonds. The Balaban J connectivity index is 0.913. The minimum atomic E-state index is 0.227. The summed E-state index contributed by atoms with van der Waals surface area (Å²) in [5.74, 6) is 0.395. The van der Waals surface area contributed by atoms with Crippen molar-refractivity contribution in [3.63, 3.8) is 0 Å². The number of aromatic nitrogens is 2. The van der Waals surface area contributed by atoms with Gasteiger partial charge in [-0.2, -0.15) is 0 Å². The third kappa shape index (κ3) is 5.05. The number of hydrogen-bond donors (Lipinski definition) is 0. The third-order valence-electron chi connectivity index (χ3n) is 12.9. The summed E-state index contributed by atoms with van der Waals surface area (Å²) >= 11 is 0. The molecule has 2 atom stereocenters. The topological polar surface area (TPSA) is 13.1 Å². The molecule has 12 rings (SSSR count). The molecule has 0 N–H and O–H groups in total. The fourth-order valence-electron chi connectivity index (χ4n) is 10.3. The first kappa shape index (κ1) is 32.4. The van der Waals surface area contributed by atoms with Gasteiger partial charge >= 0.3 is 0 Å². The summed E-state index contributed by atoms with van der Waals surface area (Å²) in [6.07, 6.45) is 11.8. The lowest BCUT2D eigenvalue weighted by Gasteiger charge is -2.26. The van der Waals surface area contributed by atoms with Crippen molar-refractivity contribution in [1.82, 2.24) is 9.13 Å². The van der Waals surface area contributed by atoms with Crippen molar-refractivity contribution >= 4 is 50.2 Å². The van der Waals surface area contributed by atoms with Gasteiger partial charge in [0.15, 0.2) is 0 Å². The quantitative estimate of drug-likeness (QED) is 0.172. The normalized spacial score (nSPS) is 17.2. The van der Waals surface area contributed by atoms with Crippen LogP contribution in [0.4, 0.5) is 11.4 Å². The van der Waals surface area contributed by atoms with Gasteiger partial charge < -0.3 is 14.0 Å². The summed E-state index contributed by atoms with van der Waals surface area (Å²) in [4.78, 5) is 2.53. The van der Waals surface area contributed by atoms with Crippen LogP contribution in [0.1, 0.15) is 48.0 Å². The second kappa shape index (κ2) is 12.9. The number of para-hydroxylation sites is 3. The van der Waals surface area contributed by atoms with E-state index in [0.29, 0.717) is 5.92 Å². The number of rotatable bonds is 5. The van der Waals surface area contributed by atoms with Crippen LogP contribution in [0.3, 0.4) is 0 Å². The van der Waals surface area contributed by atoms with Gasteiger partial charge in [0, 0.05) is 61.6 Å². The first-order valence-corrected chi connectivity index (χ1v) is 20.5. The van der Waals surface area contributed by atoms with Crippen molar-refractivity contribution < 1.29 is 0 Å². The first-order valence-electron chi connectivity index (χ1n) is 20.5. The highest BCUT2D eigenvalue weighted by Crippen LogP contribution is 2.52. The lowest BCUT2D eigenvalue weighted by molar-refractivity contribution is 0.633. The van der Waals surface area contributed by atoms with E-state index >= 15 is 0 Å². The number of allylic oxidation sites excluding steroid dienone is 3. The maximum Gasteiger partial charge on any atom is 0.0567 e. The van der Waals surface area contributed by atoms with Crippen molar-refractivity contribution in [2.45, 2.75) is 37.6 Å². The molecule has 0 bridgehead atoms. The molecule has 3 heteroatoms. The average molecular weight is 732 g/mol. The Labute approximate surface area is 333 Å². The summed E-state index contributed by atoms with van der Waals surface area (Å²) in [6, 6.07) is 63.0. The molecule has 3 nitrogen and oxygen atoms in total. The smallest absolute Gasteiger partial charge is 0.0567 e. The molecule has 2 unspecified atom stereocenters. The number of fused-ring (bicyclic) bond motifs is 9. The first-order chi connectivity index (χ1) is 28.3. The molecule has 3 aliphatic rings. The zero-order chi connectivity index (χ0) is 37.5. The second-order valence-electron chi connectivity index (χ2n) is 15.9. The SMILES string of the molecule is C1=CC(n2c3ccccc3c3ccccc32)Cc2c1n(-c1ccc3c(c1)C1CCCC=C1N3c1ccc(-c3ccc(-c4ccccc4)cc3)cc1)c1ccccc21. The van der Waals surface area contributed by atoms with Crippen LogP contribution in [0.25, 0.3) is 66.7 Å². The molecule has 1 aliphatic heterocycles. The zero-order valence-corrected chi connectivity index (χ0v) is 31.7. The predicted molar refractivity (Wildman–Crippen MR) is 239 cm³/mol. The predicted octanol–water partition coefficient (Wildman–Crippen LogP) is 14.2. The fourth-order valence-corrected chi connectivity index (χ4v) is 10.3. The largest absolute Gasteiger partial charge is 0.333 e. The van der Waals surface area contributed by atoms with Gasteiger partial charge in [-0.15, -0.1) is 0 Å². The monoisotopic (exact) mass is 731 g/mol. The molecule has 2 aromatic heterocycles. The lowest BCUT2D eigenvalue weighted by Crippen LogP contribution is -2.15. The van der Waals surface area contributed by atoms with E-state index in [2.05, 4.69) is 202 Å². The fraction of sp³-hybridized carbons (Fsp3) is 0.111. The van der Waals surface area contributed by atoms with Gasteiger partial charge in [0.1, 0.15) is 0 Å². The standard InChI is InChI=1S/C54H41N3/c1-2-12-36(13-3-1)37-22-24-38(25-23-37)39-26-28-40(29-27-39)55-51-20-10-6-16-45(51)47-35-42(30-32-53(47)55)57-52-21-11-7-17-46(52)48-34-41(31-33-54(48)57)56-49-18-8-4-14-43(49)44-15-5-9-19-50(44)56/h1-5,7-9,11-15,17-33,35,41,45H,6,10,16,34H2. The van der Waals surface area contributed by atoms with Crippen molar-refractivity contribution in [3.05, 3.63) is 205 Å². The van der Waals surface area contributed by atoms with Gasteiger partial charge in [-0.1, -0.05) is 133 Å². The van der Waals surface area contributed by atoms with Crippen LogP contribution in [0.5, 0.6) is 0 Å². The summed E-state index contributed by atoms with van der Waals surface area (Å²) in [6.45, 7) is 0. The van der Waals surface area contributed by atoms with E-state index in [1.165, 1.54) is 107 Å². The lowest BCUT2D eigenvalue weighted by atomic mass is 9.88. The Morgan fingerprint density at radius 1 is 0.509 bits per heavy atom. The summed E-state index contributed by atoms with van der Waals surface area (Å²) in [5, 5.41) is 3.99. The molecular weight excluding hydrogens is 691 g/mol. The number of nitrogens with zero attached hydrogens (tertiary/aromatic N) is 3. The Hall–Kier alpha value is -6.84. The van der Waals surface area contributed by atoms with Gasteiger partial charge in [0.05, 0.1) is 11.6 Å². The van der Waals surface area contributed by atoms with Crippen LogP contribution >= 0.6 is 0 Å². The summed E-state index contributed by atoms with van der Waals surface area (Å²) in [7, 11) is 0. The zero-order valence-electron chi connectivity index (χ0n) is 31.7. The van der Waals surface area contributed by atoms with Gasteiger partial charge in [-0.3, -0.25) is 0 Å². The van der Waals surface area contributed by atoms with E-state index < -0.39 is 0 Å². The van der Waals surface area contributed by atoms with Gasteiger partial charge in [-0.05, 0) is 114 Å². The van der Waals surface area contributed by atoms with Crippen LogP contribution in [-0.2, 0) is 6.42 Å². The molecule has 0 radical (unpaired) electrons. The van der Waals surface area contributed by atoms with E-state index in [-0.39, 0.29) is 6.04 Å². The molecule has 0 saturated heterocycles. The Morgan fingerprint density at radius 2 is 1.09 bits per heavy atom. The van der Waals surface area contributed by atoms with Crippen LogP contribution in [0.15, 0.2) is 188 Å². The third-order valence-corrected chi connectivity index (χ3v) is 12.9. The van der Waals surface area contributed by atoms with E-state index in [0.717, 1.165) is 12.8 Å². The Morgan fingerprint density at radius 3 is 1.79 bits per heavy atom. The second-order valence-corrected chi connectivity index (χ2v) is 15.9. The number of benzene rings is 7. The van der Waals surface area contributed by atoms with Gasteiger partial charge in [0.25, 0.3) is 0 Å². The minimum Gasteiger partial charge on any atom is -0.333 e. The summed E-state index contributed by atoms with van der Waals surface area (Å²) < 4.78 is 5.08. The van der Waals surface area contributed by atoms with Crippen molar-refractivity contribution in [2.24, 2.45) is 0 Å². The molecule has 2 aliphatic carbocycles. The maximum absolute atomic E-state index is 2.56. The van der Waals surface area contributed by atoms with Crippen LogP contribution in [0, 0.1) is 0 Å². The van der Waals surface area contributed by atoms with E-state index in [9.17, 15) is 0 Å².